The highest BCUT2D eigenvalue weighted by Crippen LogP contribution is 2.12. The Morgan fingerprint density at radius 1 is 1.50 bits per heavy atom. The Kier molecular flexibility index (Phi) is 2.83. The third-order valence-corrected chi connectivity index (χ3v) is 1.82. The van der Waals surface area contributed by atoms with E-state index in [1.54, 1.807) is 18.2 Å². The molecular weight excluding hydrogens is 182 g/mol. The van der Waals surface area contributed by atoms with Crippen LogP contribution in [0.1, 0.15) is 17.2 Å². The third-order valence-electron chi connectivity index (χ3n) is 1.82. The lowest BCUT2D eigenvalue weighted by Crippen LogP contribution is -2.21. The van der Waals surface area contributed by atoms with E-state index < -0.39 is 12.0 Å². The van der Waals surface area contributed by atoms with Crippen molar-refractivity contribution in [3.63, 3.8) is 0 Å². The molecule has 0 fully saturated rings. The van der Waals surface area contributed by atoms with E-state index in [1.165, 1.54) is 6.07 Å². The van der Waals surface area contributed by atoms with Crippen LogP contribution in [0.25, 0.3) is 0 Å². The van der Waals surface area contributed by atoms with Crippen molar-refractivity contribution >= 4 is 11.8 Å². The zero-order valence-electron chi connectivity index (χ0n) is 7.40. The van der Waals surface area contributed by atoms with Gasteiger partial charge in [0.25, 0.3) is 0 Å². The van der Waals surface area contributed by atoms with E-state index in [4.69, 9.17) is 22.0 Å². The minimum atomic E-state index is -1.11. The van der Waals surface area contributed by atoms with Gasteiger partial charge in [0.15, 0.2) is 0 Å². The Morgan fingerprint density at radius 2 is 2.14 bits per heavy atom. The third kappa shape index (κ3) is 2.08. The maximum absolute atomic E-state index is 10.6. The summed E-state index contributed by atoms with van der Waals surface area (Å²) in [4.78, 5) is 10.6. The van der Waals surface area contributed by atoms with Crippen LogP contribution >= 0.6 is 0 Å². The largest absolute Gasteiger partial charge is 0.480 e. The zero-order chi connectivity index (χ0) is 10.7. The van der Waals surface area contributed by atoms with Crippen molar-refractivity contribution in [1.82, 2.24) is 0 Å². The highest BCUT2D eigenvalue weighted by molar-refractivity contribution is 5.95. The molecule has 6 N–H and O–H groups in total. The first-order chi connectivity index (χ1) is 6.52. The molecule has 1 aromatic carbocycles. The molecule has 0 bridgehead atoms. The molecule has 14 heavy (non-hydrogen) atoms. The summed E-state index contributed by atoms with van der Waals surface area (Å²) in [6.45, 7) is 0. The quantitative estimate of drug-likeness (QED) is 0.401. The van der Waals surface area contributed by atoms with E-state index in [1.807, 2.05) is 0 Å². The van der Waals surface area contributed by atoms with Crippen LogP contribution in [0.15, 0.2) is 24.3 Å². The number of hydrogen-bond acceptors (Lipinski definition) is 3. The lowest BCUT2D eigenvalue weighted by molar-refractivity contribution is -0.138. The number of amidine groups is 1. The summed E-state index contributed by atoms with van der Waals surface area (Å²) < 4.78 is 0. The Morgan fingerprint density at radius 3 is 2.64 bits per heavy atom. The van der Waals surface area contributed by atoms with Crippen molar-refractivity contribution in [3.05, 3.63) is 35.4 Å². The molecule has 0 aliphatic heterocycles. The molecule has 5 nitrogen and oxygen atoms in total. The van der Waals surface area contributed by atoms with Gasteiger partial charge >= 0.3 is 5.97 Å². The van der Waals surface area contributed by atoms with Crippen molar-refractivity contribution in [3.8, 4) is 0 Å². The average molecular weight is 193 g/mol. The fourth-order valence-corrected chi connectivity index (χ4v) is 1.04. The minimum Gasteiger partial charge on any atom is -0.480 e. The van der Waals surface area contributed by atoms with Gasteiger partial charge in [-0.1, -0.05) is 18.2 Å². The second-order valence-corrected chi connectivity index (χ2v) is 2.86. The maximum atomic E-state index is 10.6. The molecule has 0 aliphatic rings. The van der Waals surface area contributed by atoms with E-state index in [2.05, 4.69) is 0 Å². The molecule has 0 heterocycles. The lowest BCUT2D eigenvalue weighted by Gasteiger charge is -2.07. The number of rotatable bonds is 3. The lowest BCUT2D eigenvalue weighted by atomic mass is 10.0. The van der Waals surface area contributed by atoms with E-state index in [-0.39, 0.29) is 5.84 Å². The zero-order valence-corrected chi connectivity index (χ0v) is 7.40. The van der Waals surface area contributed by atoms with Crippen LogP contribution in [0.5, 0.6) is 0 Å². The summed E-state index contributed by atoms with van der Waals surface area (Å²) in [7, 11) is 0. The van der Waals surface area contributed by atoms with Gasteiger partial charge in [-0.05, 0) is 11.6 Å². The molecule has 0 aliphatic carbocycles. The molecule has 0 unspecified atom stereocenters. The molecule has 1 atom stereocenters. The van der Waals surface area contributed by atoms with Crippen LogP contribution in [-0.2, 0) is 4.79 Å². The number of hydrogen-bond donors (Lipinski definition) is 4. The first kappa shape index (κ1) is 10.2. The van der Waals surface area contributed by atoms with E-state index in [0.717, 1.165) is 0 Å². The highest BCUT2D eigenvalue weighted by Gasteiger charge is 2.14. The SMILES string of the molecule is N=C(N)c1cccc([C@@H](N)C(=O)O)c1. The smallest absolute Gasteiger partial charge is 0.325 e. The van der Waals surface area contributed by atoms with Crippen LogP contribution in [0.2, 0.25) is 0 Å². The molecule has 0 saturated heterocycles. The van der Waals surface area contributed by atoms with Gasteiger partial charge in [-0.3, -0.25) is 10.2 Å². The number of benzene rings is 1. The van der Waals surface area contributed by atoms with Gasteiger partial charge in [0.2, 0.25) is 0 Å². The average Bonchev–Trinajstić information content (AvgIpc) is 2.16. The molecule has 74 valence electrons. The monoisotopic (exact) mass is 193 g/mol. The maximum Gasteiger partial charge on any atom is 0.325 e. The summed E-state index contributed by atoms with van der Waals surface area (Å²) >= 11 is 0. The van der Waals surface area contributed by atoms with Crippen molar-refractivity contribution in [2.45, 2.75) is 6.04 Å². The van der Waals surface area contributed by atoms with Gasteiger partial charge in [-0.15, -0.1) is 0 Å². The number of nitrogens with one attached hydrogen (secondary N) is 1. The molecule has 5 heteroatoms. The number of carboxylic acids is 1. The Hall–Kier alpha value is -1.88. The van der Waals surface area contributed by atoms with Crippen molar-refractivity contribution in [1.29, 1.82) is 5.41 Å². The first-order valence-corrected chi connectivity index (χ1v) is 3.95. The second kappa shape index (κ2) is 3.89. The number of carbonyl (C=O) groups is 1. The fourth-order valence-electron chi connectivity index (χ4n) is 1.04. The predicted octanol–water partition coefficient (Wildman–Crippen LogP) is 0.0551. The van der Waals surface area contributed by atoms with Gasteiger partial charge in [0.05, 0.1) is 0 Å². The second-order valence-electron chi connectivity index (χ2n) is 2.86. The molecule has 1 aromatic rings. The van der Waals surface area contributed by atoms with Crippen molar-refractivity contribution < 1.29 is 9.90 Å². The standard InChI is InChI=1S/C9H11N3O2/c10-7(9(13)14)5-2-1-3-6(4-5)8(11)12/h1-4,7H,10H2,(H3,11,12)(H,13,14)/t7-/m1/s1. The molecule has 0 amide bonds. The highest BCUT2D eigenvalue weighted by atomic mass is 16.4. The summed E-state index contributed by atoms with van der Waals surface area (Å²) in [6, 6.07) is 5.26. The van der Waals surface area contributed by atoms with Crippen LogP contribution in [-0.4, -0.2) is 16.9 Å². The number of nitrogens with two attached hydrogens (primary N) is 2. The summed E-state index contributed by atoms with van der Waals surface area (Å²) in [5.74, 6) is -1.21. The van der Waals surface area contributed by atoms with E-state index >= 15 is 0 Å². The minimum absolute atomic E-state index is 0.107. The first-order valence-electron chi connectivity index (χ1n) is 3.95. The summed E-state index contributed by atoms with van der Waals surface area (Å²) in [5, 5.41) is 15.8. The molecule has 1 rings (SSSR count). The van der Waals surface area contributed by atoms with Gasteiger partial charge in [-0.2, -0.15) is 0 Å². The van der Waals surface area contributed by atoms with Gasteiger partial charge in [0, 0.05) is 5.56 Å². The predicted molar refractivity (Wildman–Crippen MR) is 52.0 cm³/mol. The van der Waals surface area contributed by atoms with Crippen LogP contribution in [0.3, 0.4) is 0 Å². The molecule has 0 spiro atoms. The van der Waals surface area contributed by atoms with E-state index in [0.29, 0.717) is 11.1 Å². The topological polar surface area (TPSA) is 113 Å². The Balaban J connectivity index is 3.05. The number of aliphatic carboxylic acids is 1. The molecule has 0 saturated carbocycles. The number of carboxylic acid groups (broad SMARTS) is 1. The normalized spacial score (nSPS) is 12.1. The van der Waals surface area contributed by atoms with Crippen LogP contribution < -0.4 is 11.5 Å². The van der Waals surface area contributed by atoms with Crippen molar-refractivity contribution in [2.24, 2.45) is 11.5 Å². The van der Waals surface area contributed by atoms with Gasteiger partial charge in [0.1, 0.15) is 11.9 Å². The molecule has 0 radical (unpaired) electrons. The Bertz CT molecular complexity index is 376. The van der Waals surface area contributed by atoms with Crippen LogP contribution in [0.4, 0.5) is 0 Å². The van der Waals surface area contributed by atoms with Gasteiger partial charge < -0.3 is 16.6 Å². The number of nitrogen functional groups attached to an aromatic ring is 1. The van der Waals surface area contributed by atoms with E-state index in [9.17, 15) is 4.79 Å². The Labute approximate surface area is 80.8 Å². The van der Waals surface area contributed by atoms with Crippen molar-refractivity contribution in [2.75, 3.05) is 0 Å². The molecular formula is C9H11N3O2. The molecule has 0 aromatic heterocycles. The summed E-state index contributed by atoms with van der Waals surface area (Å²) in [5.41, 5.74) is 11.6. The fraction of sp³-hybridized carbons (Fsp3) is 0.111. The van der Waals surface area contributed by atoms with Crippen LogP contribution in [0, 0.1) is 5.41 Å². The summed E-state index contributed by atoms with van der Waals surface area (Å²) in [6.07, 6.45) is 0. The van der Waals surface area contributed by atoms with Gasteiger partial charge in [-0.25, -0.2) is 0 Å².